The summed E-state index contributed by atoms with van der Waals surface area (Å²) in [5.74, 6) is 0.136. The Morgan fingerprint density at radius 3 is 2.60 bits per heavy atom. The second-order valence-corrected chi connectivity index (χ2v) is 5.11. The van der Waals surface area contributed by atoms with Crippen molar-refractivity contribution < 1.29 is 4.79 Å². The highest BCUT2D eigenvalue weighted by atomic mass is 16.2. The van der Waals surface area contributed by atoms with E-state index in [-0.39, 0.29) is 5.91 Å². The van der Waals surface area contributed by atoms with Crippen LogP contribution in [0.2, 0.25) is 0 Å². The Morgan fingerprint density at radius 1 is 1.30 bits per heavy atom. The summed E-state index contributed by atoms with van der Waals surface area (Å²) in [4.78, 5) is 14.0. The number of amides is 1. The largest absolute Gasteiger partial charge is 0.345 e. The van der Waals surface area contributed by atoms with Gasteiger partial charge in [-0.05, 0) is 18.9 Å². The maximum atomic E-state index is 12.2. The summed E-state index contributed by atoms with van der Waals surface area (Å²) >= 11 is 0. The lowest BCUT2D eigenvalue weighted by atomic mass is 10.1. The molecule has 0 aliphatic rings. The van der Waals surface area contributed by atoms with Crippen molar-refractivity contribution in [2.45, 2.75) is 19.8 Å². The molecule has 4 nitrogen and oxygen atoms in total. The van der Waals surface area contributed by atoms with Crippen LogP contribution in [0.3, 0.4) is 0 Å². The third-order valence-electron chi connectivity index (χ3n) is 3.68. The quantitative estimate of drug-likeness (QED) is 0.834. The summed E-state index contributed by atoms with van der Waals surface area (Å²) in [7, 11) is 3.75. The van der Waals surface area contributed by atoms with Gasteiger partial charge in [-0.1, -0.05) is 30.3 Å². The lowest BCUT2D eigenvalue weighted by Gasteiger charge is -2.17. The Balaban J connectivity index is 1.88. The minimum absolute atomic E-state index is 0.136. The molecule has 1 heterocycles. The Labute approximate surface area is 120 Å². The molecule has 2 rings (SSSR count). The zero-order chi connectivity index (χ0) is 14.5. The van der Waals surface area contributed by atoms with Gasteiger partial charge in [0.2, 0.25) is 5.91 Å². The smallest absolute Gasteiger partial charge is 0.226 e. The second-order valence-electron chi connectivity index (χ2n) is 5.11. The molecule has 4 heteroatoms. The van der Waals surface area contributed by atoms with Gasteiger partial charge in [-0.25, -0.2) is 0 Å². The van der Waals surface area contributed by atoms with E-state index in [1.54, 1.807) is 15.8 Å². The van der Waals surface area contributed by atoms with Crippen molar-refractivity contribution in [3.63, 3.8) is 0 Å². The van der Waals surface area contributed by atoms with Crippen molar-refractivity contribution in [3.05, 3.63) is 53.3 Å². The van der Waals surface area contributed by atoms with E-state index in [1.165, 1.54) is 5.56 Å². The zero-order valence-corrected chi connectivity index (χ0v) is 12.3. The highest BCUT2D eigenvalue weighted by Gasteiger charge is 2.13. The van der Waals surface area contributed by atoms with Gasteiger partial charge in [0, 0.05) is 31.9 Å². The van der Waals surface area contributed by atoms with Gasteiger partial charge >= 0.3 is 0 Å². The predicted octanol–water partition coefficient (Wildman–Crippen LogP) is 1.97. The topological polar surface area (TPSA) is 38.1 Å². The molecule has 0 N–H and O–H groups in total. The van der Waals surface area contributed by atoms with Gasteiger partial charge in [0.1, 0.15) is 0 Å². The fourth-order valence-electron chi connectivity index (χ4n) is 2.08. The van der Waals surface area contributed by atoms with Crippen LogP contribution in [0.25, 0.3) is 0 Å². The first-order chi connectivity index (χ1) is 9.58. The van der Waals surface area contributed by atoms with Crippen molar-refractivity contribution in [1.29, 1.82) is 0 Å². The van der Waals surface area contributed by atoms with Gasteiger partial charge in [0.15, 0.2) is 0 Å². The summed E-state index contributed by atoms with van der Waals surface area (Å²) in [5.41, 5.74) is 3.31. The number of carbonyl (C=O) groups is 1. The van der Waals surface area contributed by atoms with E-state index in [1.807, 2.05) is 39.2 Å². The normalized spacial score (nSPS) is 10.6. The highest BCUT2D eigenvalue weighted by Crippen LogP contribution is 2.08. The first kappa shape index (κ1) is 14.3. The average Bonchev–Trinajstić information content (AvgIpc) is 2.78. The number of hydrogen-bond acceptors (Lipinski definition) is 2. The van der Waals surface area contributed by atoms with Crippen LogP contribution in [-0.2, 0) is 24.7 Å². The number of hydrogen-bond donors (Lipinski definition) is 0. The monoisotopic (exact) mass is 271 g/mol. The molecule has 1 aromatic carbocycles. The fourth-order valence-corrected chi connectivity index (χ4v) is 2.08. The average molecular weight is 271 g/mol. The zero-order valence-electron chi connectivity index (χ0n) is 12.3. The molecule has 0 aliphatic heterocycles. The van der Waals surface area contributed by atoms with E-state index >= 15 is 0 Å². The maximum Gasteiger partial charge on any atom is 0.226 e. The summed E-state index contributed by atoms with van der Waals surface area (Å²) < 4.78 is 1.80. The number of aromatic nitrogens is 2. The number of likely N-dealkylation sites (N-methyl/N-ethyl adjacent to an activating group) is 1. The number of rotatable bonds is 5. The molecule has 0 atom stereocenters. The lowest BCUT2D eigenvalue weighted by molar-refractivity contribution is -0.129. The molecule has 0 bridgehead atoms. The molecule has 0 unspecified atom stereocenters. The third kappa shape index (κ3) is 3.47. The molecule has 0 spiro atoms. The number of nitrogens with zero attached hydrogens (tertiary/aromatic N) is 3. The van der Waals surface area contributed by atoms with Gasteiger partial charge in [0.25, 0.3) is 0 Å². The summed E-state index contributed by atoms with van der Waals surface area (Å²) in [6, 6.07) is 10.2. The summed E-state index contributed by atoms with van der Waals surface area (Å²) in [6.45, 7) is 2.72. The highest BCUT2D eigenvalue weighted by molar-refractivity contribution is 5.78. The van der Waals surface area contributed by atoms with Crippen molar-refractivity contribution >= 4 is 5.91 Å². The molecular weight excluding hydrogens is 250 g/mol. The molecule has 1 amide bonds. The summed E-state index contributed by atoms with van der Waals surface area (Å²) in [6.07, 6.45) is 3.08. The van der Waals surface area contributed by atoms with Crippen LogP contribution in [0.15, 0.2) is 36.5 Å². The molecule has 0 saturated heterocycles. The van der Waals surface area contributed by atoms with E-state index in [9.17, 15) is 4.79 Å². The van der Waals surface area contributed by atoms with Crippen molar-refractivity contribution in [2.75, 3.05) is 13.6 Å². The Kier molecular flexibility index (Phi) is 4.56. The van der Waals surface area contributed by atoms with Crippen molar-refractivity contribution in [1.82, 2.24) is 14.7 Å². The standard InChI is InChI=1S/C16H21N3O/c1-13-15(12-17-19(13)3)11-16(20)18(2)10-9-14-7-5-4-6-8-14/h4-8,12H,9-11H2,1-3H3. The van der Waals surface area contributed by atoms with Crippen molar-refractivity contribution in [3.8, 4) is 0 Å². The van der Waals surface area contributed by atoms with Crippen LogP contribution in [0, 0.1) is 6.92 Å². The molecular formula is C16H21N3O. The first-order valence-corrected chi connectivity index (χ1v) is 6.83. The Hall–Kier alpha value is -2.10. The van der Waals surface area contributed by atoms with E-state index in [4.69, 9.17) is 0 Å². The molecule has 0 fully saturated rings. The van der Waals surface area contributed by atoms with Crippen LogP contribution in [0.5, 0.6) is 0 Å². The molecule has 2 aromatic rings. The minimum atomic E-state index is 0.136. The van der Waals surface area contributed by atoms with E-state index in [2.05, 4.69) is 17.2 Å². The van der Waals surface area contributed by atoms with Gasteiger partial charge in [0.05, 0.1) is 12.6 Å². The van der Waals surface area contributed by atoms with E-state index in [0.717, 1.165) is 24.2 Å². The minimum Gasteiger partial charge on any atom is -0.345 e. The Bertz CT molecular complexity index is 575. The van der Waals surface area contributed by atoms with Gasteiger partial charge < -0.3 is 4.90 Å². The van der Waals surface area contributed by atoms with Gasteiger partial charge in [-0.15, -0.1) is 0 Å². The molecule has 20 heavy (non-hydrogen) atoms. The lowest BCUT2D eigenvalue weighted by Crippen LogP contribution is -2.30. The molecule has 0 radical (unpaired) electrons. The van der Waals surface area contributed by atoms with Crippen LogP contribution >= 0.6 is 0 Å². The molecule has 0 saturated carbocycles. The second kappa shape index (κ2) is 6.37. The number of aryl methyl sites for hydroxylation is 1. The SMILES string of the molecule is Cc1c(CC(=O)N(C)CCc2ccccc2)cnn1C. The third-order valence-corrected chi connectivity index (χ3v) is 3.68. The predicted molar refractivity (Wildman–Crippen MR) is 79.4 cm³/mol. The molecule has 0 aliphatic carbocycles. The van der Waals surface area contributed by atoms with Gasteiger partial charge in [-0.3, -0.25) is 9.48 Å². The Morgan fingerprint density at radius 2 is 2.00 bits per heavy atom. The van der Waals surface area contributed by atoms with Crippen molar-refractivity contribution in [2.24, 2.45) is 7.05 Å². The molecule has 106 valence electrons. The van der Waals surface area contributed by atoms with E-state index in [0.29, 0.717) is 6.42 Å². The van der Waals surface area contributed by atoms with Crippen LogP contribution in [0.1, 0.15) is 16.8 Å². The van der Waals surface area contributed by atoms with Crippen LogP contribution < -0.4 is 0 Å². The maximum absolute atomic E-state index is 12.2. The van der Waals surface area contributed by atoms with E-state index < -0.39 is 0 Å². The number of carbonyl (C=O) groups excluding carboxylic acids is 1. The molecule has 1 aromatic heterocycles. The first-order valence-electron chi connectivity index (χ1n) is 6.83. The fraction of sp³-hybridized carbons (Fsp3) is 0.375. The summed E-state index contributed by atoms with van der Waals surface area (Å²) in [5, 5.41) is 4.17. The van der Waals surface area contributed by atoms with Crippen LogP contribution in [0.4, 0.5) is 0 Å². The number of benzene rings is 1. The van der Waals surface area contributed by atoms with Crippen LogP contribution in [-0.4, -0.2) is 34.2 Å². The van der Waals surface area contributed by atoms with Gasteiger partial charge in [-0.2, -0.15) is 5.10 Å².